The van der Waals surface area contributed by atoms with E-state index in [-0.39, 0.29) is 24.6 Å². The van der Waals surface area contributed by atoms with Crippen LogP contribution in [0.3, 0.4) is 0 Å². The fourth-order valence-electron chi connectivity index (χ4n) is 3.53. The average Bonchev–Trinajstić information content (AvgIpc) is 3.00. The van der Waals surface area contributed by atoms with Crippen molar-refractivity contribution in [1.82, 2.24) is 4.90 Å². The summed E-state index contributed by atoms with van der Waals surface area (Å²) in [6.45, 7) is 0.225. The fraction of sp³-hybridized carbons (Fsp3) is 0.136. The lowest BCUT2D eigenvalue weighted by Gasteiger charge is -2.22. The molecule has 1 aliphatic rings. The molecule has 1 amide bonds. The topological polar surface area (TPSA) is 96.0 Å². The Balaban J connectivity index is 1.57. The number of nitrogen functional groups attached to an aromatic ring is 1. The van der Waals surface area contributed by atoms with Crippen LogP contribution < -0.4 is 5.73 Å². The van der Waals surface area contributed by atoms with E-state index in [1.165, 1.54) is 23.2 Å². The number of halogens is 1. The zero-order chi connectivity index (χ0) is 20.5. The highest BCUT2D eigenvalue weighted by Crippen LogP contribution is 2.30. The zero-order valence-electron chi connectivity index (χ0n) is 15.4. The number of carboxylic acid groups (broad SMARTS) is 1. The SMILES string of the molecule is Nc1cc(F)ccc1N=CCC(C(=O)O)N1Cc2cc3ccccc3cc2C1=O. The largest absolute Gasteiger partial charge is 0.480 e. The van der Waals surface area contributed by atoms with E-state index in [0.717, 1.165) is 22.4 Å². The Labute approximate surface area is 166 Å². The molecule has 1 atom stereocenters. The Morgan fingerprint density at radius 3 is 2.62 bits per heavy atom. The second kappa shape index (κ2) is 7.35. The van der Waals surface area contributed by atoms with Crippen molar-refractivity contribution in [3.05, 3.63) is 71.5 Å². The molecule has 1 aliphatic heterocycles. The van der Waals surface area contributed by atoms with Gasteiger partial charge in [0.2, 0.25) is 0 Å². The highest BCUT2D eigenvalue weighted by Gasteiger charge is 2.36. The van der Waals surface area contributed by atoms with Crippen molar-refractivity contribution in [2.75, 3.05) is 5.73 Å². The number of carboxylic acids is 1. The minimum absolute atomic E-state index is 0.00536. The molecule has 3 aromatic carbocycles. The van der Waals surface area contributed by atoms with Crippen LogP contribution in [0.4, 0.5) is 15.8 Å². The maximum absolute atomic E-state index is 13.1. The maximum atomic E-state index is 13.1. The third-order valence-electron chi connectivity index (χ3n) is 5.01. The molecule has 0 bridgehead atoms. The number of aliphatic imine (C=N–C) groups is 1. The Kier molecular flexibility index (Phi) is 4.72. The zero-order valence-corrected chi connectivity index (χ0v) is 15.4. The van der Waals surface area contributed by atoms with Crippen molar-refractivity contribution >= 4 is 40.2 Å². The molecule has 0 radical (unpaired) electrons. The van der Waals surface area contributed by atoms with Crippen molar-refractivity contribution in [3.63, 3.8) is 0 Å². The first-order chi connectivity index (χ1) is 13.9. The lowest BCUT2D eigenvalue weighted by Crippen LogP contribution is -2.41. The molecule has 0 fully saturated rings. The summed E-state index contributed by atoms with van der Waals surface area (Å²) in [4.78, 5) is 30.2. The summed E-state index contributed by atoms with van der Waals surface area (Å²) in [5.41, 5.74) is 7.54. The van der Waals surface area contributed by atoms with E-state index in [0.29, 0.717) is 11.3 Å². The van der Waals surface area contributed by atoms with Crippen LogP contribution >= 0.6 is 0 Å². The van der Waals surface area contributed by atoms with Gasteiger partial charge in [0.25, 0.3) is 5.91 Å². The van der Waals surface area contributed by atoms with Crippen LogP contribution in [0, 0.1) is 5.82 Å². The second-order valence-electron chi connectivity index (χ2n) is 6.89. The standard InChI is InChI=1S/C22H18FN3O3/c23-16-5-6-19(18(24)11-16)25-8-7-20(22(28)29)26-12-15-9-13-3-1-2-4-14(13)10-17(15)21(26)27/h1-6,8-11,20H,7,12,24H2,(H,28,29). The first-order valence-corrected chi connectivity index (χ1v) is 9.07. The number of nitrogens with two attached hydrogens (primary N) is 1. The number of benzene rings is 3. The van der Waals surface area contributed by atoms with Gasteiger partial charge < -0.3 is 15.7 Å². The third kappa shape index (κ3) is 3.54. The van der Waals surface area contributed by atoms with Crippen LogP contribution in [0.5, 0.6) is 0 Å². The van der Waals surface area contributed by atoms with Crippen LogP contribution in [0.15, 0.2) is 59.6 Å². The van der Waals surface area contributed by atoms with Crippen molar-refractivity contribution in [2.45, 2.75) is 19.0 Å². The minimum Gasteiger partial charge on any atom is -0.480 e. The number of carbonyl (C=O) groups is 2. The van der Waals surface area contributed by atoms with E-state index in [1.54, 1.807) is 6.07 Å². The van der Waals surface area contributed by atoms with Gasteiger partial charge in [-0.15, -0.1) is 0 Å². The van der Waals surface area contributed by atoms with Gasteiger partial charge in [-0.3, -0.25) is 9.79 Å². The summed E-state index contributed by atoms with van der Waals surface area (Å²) in [5, 5.41) is 11.6. The molecular weight excluding hydrogens is 373 g/mol. The molecule has 1 unspecified atom stereocenters. The van der Waals surface area contributed by atoms with E-state index in [4.69, 9.17) is 5.73 Å². The Hall–Kier alpha value is -3.74. The Bertz CT molecular complexity index is 1160. The van der Waals surface area contributed by atoms with Crippen LogP contribution in [0.25, 0.3) is 10.8 Å². The number of hydrogen-bond acceptors (Lipinski definition) is 4. The number of hydrogen-bond donors (Lipinski definition) is 2. The first kappa shape index (κ1) is 18.6. The number of amides is 1. The van der Waals surface area contributed by atoms with Gasteiger partial charge in [-0.05, 0) is 46.7 Å². The Morgan fingerprint density at radius 1 is 1.21 bits per heavy atom. The van der Waals surface area contributed by atoms with Crippen LogP contribution in [-0.4, -0.2) is 34.1 Å². The summed E-state index contributed by atoms with van der Waals surface area (Å²) < 4.78 is 13.1. The van der Waals surface area contributed by atoms with Crippen LogP contribution in [0.2, 0.25) is 0 Å². The van der Waals surface area contributed by atoms with E-state index in [9.17, 15) is 19.1 Å². The normalized spacial score (nSPS) is 14.5. The van der Waals surface area contributed by atoms with Crippen LogP contribution in [-0.2, 0) is 11.3 Å². The number of fused-ring (bicyclic) bond motifs is 2. The van der Waals surface area contributed by atoms with Crippen molar-refractivity contribution in [1.29, 1.82) is 0 Å². The van der Waals surface area contributed by atoms with E-state index < -0.39 is 17.8 Å². The van der Waals surface area contributed by atoms with Crippen molar-refractivity contribution in [2.24, 2.45) is 4.99 Å². The molecule has 146 valence electrons. The monoisotopic (exact) mass is 391 g/mol. The number of rotatable bonds is 5. The number of nitrogens with zero attached hydrogens (tertiary/aromatic N) is 2. The van der Waals surface area contributed by atoms with E-state index in [1.807, 2.05) is 30.3 Å². The van der Waals surface area contributed by atoms with E-state index in [2.05, 4.69) is 4.99 Å². The predicted octanol–water partition coefficient (Wildman–Crippen LogP) is 3.76. The minimum atomic E-state index is -1.12. The molecule has 3 aromatic rings. The molecule has 3 N–H and O–H groups in total. The van der Waals surface area contributed by atoms with Crippen molar-refractivity contribution in [3.8, 4) is 0 Å². The van der Waals surface area contributed by atoms with Gasteiger partial charge >= 0.3 is 5.97 Å². The summed E-state index contributed by atoms with van der Waals surface area (Å²) >= 11 is 0. The molecule has 1 heterocycles. The predicted molar refractivity (Wildman–Crippen MR) is 109 cm³/mol. The van der Waals surface area contributed by atoms with Gasteiger partial charge in [0.05, 0.1) is 11.4 Å². The summed E-state index contributed by atoms with van der Waals surface area (Å²) in [6.07, 6.45) is 1.40. The number of anilines is 1. The quantitative estimate of drug-likeness (QED) is 0.511. The van der Waals surface area contributed by atoms with Gasteiger partial charge in [-0.25, -0.2) is 9.18 Å². The number of carbonyl (C=O) groups excluding carboxylic acids is 1. The highest BCUT2D eigenvalue weighted by molar-refractivity contribution is 6.04. The molecular formula is C22H18FN3O3. The van der Waals surface area contributed by atoms with Gasteiger partial charge in [0.15, 0.2) is 0 Å². The molecule has 7 heteroatoms. The van der Waals surface area contributed by atoms with Crippen LogP contribution in [0.1, 0.15) is 22.3 Å². The molecule has 0 saturated heterocycles. The Morgan fingerprint density at radius 2 is 1.93 bits per heavy atom. The molecule has 0 spiro atoms. The first-order valence-electron chi connectivity index (χ1n) is 9.07. The lowest BCUT2D eigenvalue weighted by molar-refractivity contribution is -0.142. The highest BCUT2D eigenvalue weighted by atomic mass is 19.1. The molecule has 0 aliphatic carbocycles. The third-order valence-corrected chi connectivity index (χ3v) is 5.01. The summed E-state index contributed by atoms with van der Waals surface area (Å²) in [5.74, 6) is -1.90. The average molecular weight is 391 g/mol. The van der Waals surface area contributed by atoms with E-state index >= 15 is 0 Å². The molecule has 6 nitrogen and oxygen atoms in total. The smallest absolute Gasteiger partial charge is 0.326 e. The van der Waals surface area contributed by atoms with Gasteiger partial charge in [-0.1, -0.05) is 24.3 Å². The number of aliphatic carboxylic acids is 1. The molecule has 0 aromatic heterocycles. The van der Waals surface area contributed by atoms with Gasteiger partial charge in [-0.2, -0.15) is 0 Å². The molecule has 29 heavy (non-hydrogen) atoms. The summed E-state index contributed by atoms with van der Waals surface area (Å²) in [6, 6.07) is 14.1. The lowest BCUT2D eigenvalue weighted by atomic mass is 10.0. The molecule has 4 rings (SSSR count). The summed E-state index contributed by atoms with van der Waals surface area (Å²) in [7, 11) is 0. The second-order valence-corrected chi connectivity index (χ2v) is 6.89. The fourth-order valence-corrected chi connectivity index (χ4v) is 3.53. The van der Waals surface area contributed by atoms with Gasteiger partial charge in [0, 0.05) is 24.7 Å². The maximum Gasteiger partial charge on any atom is 0.326 e. The van der Waals surface area contributed by atoms with Crippen molar-refractivity contribution < 1.29 is 19.1 Å². The molecule has 0 saturated carbocycles. The van der Waals surface area contributed by atoms with Gasteiger partial charge in [0.1, 0.15) is 11.9 Å².